The van der Waals surface area contributed by atoms with Crippen LogP contribution < -0.4 is 0 Å². The highest BCUT2D eigenvalue weighted by Gasteiger charge is 2.01. The highest BCUT2D eigenvalue weighted by Crippen LogP contribution is 2.03. The summed E-state index contributed by atoms with van der Waals surface area (Å²) in [7, 11) is 1.62. The van der Waals surface area contributed by atoms with Crippen molar-refractivity contribution in [3.8, 4) is 0 Å². The average molecular weight is 190 g/mol. The Bertz CT molecular complexity index is 325. The molecule has 74 valence electrons. The van der Waals surface area contributed by atoms with Crippen molar-refractivity contribution in [3.63, 3.8) is 0 Å². The molecule has 1 rings (SSSR count). The number of methoxy groups -OCH3 is 1. The molecule has 0 heterocycles. The largest absolute Gasteiger partial charge is 0.380 e. The third kappa shape index (κ3) is 3.15. The predicted molar refractivity (Wildman–Crippen MR) is 56.4 cm³/mol. The normalized spacial score (nSPS) is 11.4. The third-order valence-electron chi connectivity index (χ3n) is 1.81. The van der Waals surface area contributed by atoms with Gasteiger partial charge in [0.2, 0.25) is 0 Å². The first-order valence-electron chi connectivity index (χ1n) is 4.49. The minimum absolute atomic E-state index is 0.0279. The number of ketones is 1. The van der Waals surface area contributed by atoms with Crippen LogP contribution >= 0.6 is 0 Å². The molecule has 0 aliphatic heterocycles. The van der Waals surface area contributed by atoms with Crippen LogP contribution in [0.4, 0.5) is 0 Å². The molecule has 1 aromatic carbocycles. The van der Waals surface area contributed by atoms with Crippen LogP contribution in [0.2, 0.25) is 0 Å². The fourth-order valence-corrected chi connectivity index (χ4v) is 1.18. The molecule has 0 amide bonds. The van der Waals surface area contributed by atoms with E-state index in [0.29, 0.717) is 12.2 Å². The van der Waals surface area contributed by atoms with Crippen molar-refractivity contribution in [2.24, 2.45) is 0 Å². The van der Waals surface area contributed by atoms with Gasteiger partial charge in [-0.3, -0.25) is 4.79 Å². The Morgan fingerprint density at radius 3 is 2.57 bits per heavy atom. The molecule has 0 radical (unpaired) electrons. The molecule has 14 heavy (non-hydrogen) atoms. The summed E-state index contributed by atoms with van der Waals surface area (Å²) in [5.74, 6) is 0.0279. The van der Waals surface area contributed by atoms with Gasteiger partial charge in [-0.15, -0.1) is 0 Å². The van der Waals surface area contributed by atoms with Crippen LogP contribution in [0.3, 0.4) is 0 Å². The monoisotopic (exact) mass is 190 g/mol. The Morgan fingerprint density at radius 2 is 2.00 bits per heavy atom. The van der Waals surface area contributed by atoms with Gasteiger partial charge in [-0.05, 0) is 18.6 Å². The molecule has 0 bridgehead atoms. The summed E-state index contributed by atoms with van der Waals surface area (Å²) < 4.78 is 4.92. The summed E-state index contributed by atoms with van der Waals surface area (Å²) in [5, 5.41) is 0. The minimum atomic E-state index is 0.0279. The van der Waals surface area contributed by atoms with Crippen molar-refractivity contribution in [2.75, 3.05) is 13.7 Å². The number of rotatable bonds is 4. The maximum absolute atomic E-state index is 11.6. The zero-order valence-electron chi connectivity index (χ0n) is 8.49. The molecule has 0 aliphatic rings. The van der Waals surface area contributed by atoms with E-state index in [-0.39, 0.29) is 5.78 Å². The van der Waals surface area contributed by atoms with Crippen molar-refractivity contribution >= 4 is 5.78 Å². The maximum Gasteiger partial charge on any atom is 0.185 e. The zero-order valence-corrected chi connectivity index (χ0v) is 8.49. The van der Waals surface area contributed by atoms with Crippen LogP contribution in [0.15, 0.2) is 42.0 Å². The van der Waals surface area contributed by atoms with Crippen molar-refractivity contribution < 1.29 is 9.53 Å². The topological polar surface area (TPSA) is 26.3 Å². The van der Waals surface area contributed by atoms with Gasteiger partial charge in [0.05, 0.1) is 6.61 Å². The molecule has 0 unspecified atom stereocenters. The van der Waals surface area contributed by atoms with Crippen LogP contribution in [0.5, 0.6) is 0 Å². The van der Waals surface area contributed by atoms with Crippen LogP contribution in [-0.2, 0) is 4.74 Å². The standard InChI is InChI=1S/C12H14O2/c1-10(9-14-2)8-12(13)11-6-4-3-5-7-11/h3-8H,9H2,1-2H3/b10-8+. The fraction of sp³-hybridized carbons (Fsp3) is 0.250. The van der Waals surface area contributed by atoms with Crippen LogP contribution in [0, 0.1) is 0 Å². The maximum atomic E-state index is 11.6. The first-order valence-corrected chi connectivity index (χ1v) is 4.49. The summed E-state index contributed by atoms with van der Waals surface area (Å²) >= 11 is 0. The van der Waals surface area contributed by atoms with E-state index in [9.17, 15) is 4.79 Å². The smallest absolute Gasteiger partial charge is 0.185 e. The number of carbonyl (C=O) groups is 1. The Labute approximate surface area is 84.2 Å². The lowest BCUT2D eigenvalue weighted by Gasteiger charge is -1.98. The van der Waals surface area contributed by atoms with Gasteiger partial charge >= 0.3 is 0 Å². The lowest BCUT2D eigenvalue weighted by Crippen LogP contribution is -1.98. The number of hydrogen-bond acceptors (Lipinski definition) is 2. The molecular weight excluding hydrogens is 176 g/mol. The van der Waals surface area contributed by atoms with Gasteiger partial charge in [0.1, 0.15) is 0 Å². The van der Waals surface area contributed by atoms with Gasteiger partial charge in [-0.1, -0.05) is 30.3 Å². The Balaban J connectivity index is 2.72. The van der Waals surface area contributed by atoms with Gasteiger partial charge in [0.15, 0.2) is 5.78 Å². The van der Waals surface area contributed by atoms with Crippen molar-refractivity contribution in [1.82, 2.24) is 0 Å². The molecule has 0 atom stereocenters. The predicted octanol–water partition coefficient (Wildman–Crippen LogP) is 2.46. The summed E-state index contributed by atoms with van der Waals surface area (Å²) in [5.41, 5.74) is 1.64. The third-order valence-corrected chi connectivity index (χ3v) is 1.81. The van der Waals surface area contributed by atoms with E-state index in [1.165, 1.54) is 0 Å². The lowest BCUT2D eigenvalue weighted by molar-refractivity contribution is 0.104. The molecule has 2 nitrogen and oxygen atoms in total. The molecule has 2 heteroatoms. The summed E-state index contributed by atoms with van der Waals surface area (Å²) in [6, 6.07) is 9.21. The van der Waals surface area contributed by atoms with E-state index < -0.39 is 0 Å². The Kier molecular flexibility index (Phi) is 4.08. The zero-order chi connectivity index (χ0) is 10.4. The molecule has 0 saturated carbocycles. The fourth-order valence-electron chi connectivity index (χ4n) is 1.18. The first-order chi connectivity index (χ1) is 6.74. The molecule has 0 aromatic heterocycles. The van der Waals surface area contributed by atoms with Gasteiger partial charge < -0.3 is 4.74 Å². The summed E-state index contributed by atoms with van der Waals surface area (Å²) in [4.78, 5) is 11.6. The molecule has 0 aliphatic carbocycles. The molecule has 0 spiro atoms. The second kappa shape index (κ2) is 5.35. The van der Waals surface area contributed by atoms with Crippen molar-refractivity contribution in [2.45, 2.75) is 6.92 Å². The number of allylic oxidation sites excluding steroid dienone is 1. The molecule has 0 fully saturated rings. The highest BCUT2D eigenvalue weighted by molar-refractivity contribution is 6.04. The minimum Gasteiger partial charge on any atom is -0.380 e. The SMILES string of the molecule is COC/C(C)=C/C(=O)c1ccccc1. The van der Waals surface area contributed by atoms with E-state index in [1.54, 1.807) is 25.3 Å². The van der Waals surface area contributed by atoms with Crippen LogP contribution in [0.25, 0.3) is 0 Å². The number of ether oxygens (including phenoxy) is 1. The Hall–Kier alpha value is -1.41. The van der Waals surface area contributed by atoms with Gasteiger partial charge in [0.25, 0.3) is 0 Å². The average Bonchev–Trinajstić information content (AvgIpc) is 2.19. The molecule has 0 saturated heterocycles. The van der Waals surface area contributed by atoms with Gasteiger partial charge in [0, 0.05) is 12.7 Å². The van der Waals surface area contributed by atoms with E-state index in [2.05, 4.69) is 0 Å². The van der Waals surface area contributed by atoms with Gasteiger partial charge in [-0.2, -0.15) is 0 Å². The van der Waals surface area contributed by atoms with Crippen molar-refractivity contribution in [3.05, 3.63) is 47.5 Å². The quantitative estimate of drug-likeness (QED) is 0.538. The first kappa shape index (κ1) is 10.7. The second-order valence-electron chi connectivity index (χ2n) is 3.15. The molecule has 0 N–H and O–H groups in total. The van der Waals surface area contributed by atoms with E-state index in [0.717, 1.165) is 5.57 Å². The number of hydrogen-bond donors (Lipinski definition) is 0. The number of carbonyl (C=O) groups excluding carboxylic acids is 1. The molecular formula is C12H14O2. The molecule has 1 aromatic rings. The lowest BCUT2D eigenvalue weighted by atomic mass is 10.1. The van der Waals surface area contributed by atoms with Gasteiger partial charge in [-0.25, -0.2) is 0 Å². The van der Waals surface area contributed by atoms with Crippen LogP contribution in [0.1, 0.15) is 17.3 Å². The van der Waals surface area contributed by atoms with E-state index >= 15 is 0 Å². The van der Waals surface area contributed by atoms with E-state index in [4.69, 9.17) is 4.74 Å². The highest BCUT2D eigenvalue weighted by atomic mass is 16.5. The van der Waals surface area contributed by atoms with E-state index in [1.807, 2.05) is 25.1 Å². The summed E-state index contributed by atoms with van der Waals surface area (Å²) in [6.45, 7) is 2.38. The summed E-state index contributed by atoms with van der Waals surface area (Å²) in [6.07, 6.45) is 1.61. The second-order valence-corrected chi connectivity index (χ2v) is 3.15. The Morgan fingerprint density at radius 1 is 1.36 bits per heavy atom. The van der Waals surface area contributed by atoms with Crippen molar-refractivity contribution in [1.29, 1.82) is 0 Å². The number of benzene rings is 1. The van der Waals surface area contributed by atoms with Crippen LogP contribution in [-0.4, -0.2) is 19.5 Å².